The molecule has 5 rings (SSSR count). The number of rotatable bonds is 6. The summed E-state index contributed by atoms with van der Waals surface area (Å²) in [5.41, 5.74) is 3.41. The minimum atomic E-state index is -0.334. The molecule has 0 radical (unpaired) electrons. The van der Waals surface area contributed by atoms with E-state index >= 15 is 0 Å². The number of aryl methyl sites for hydroxylation is 1. The number of nitrogens with zero attached hydrogens (tertiary/aromatic N) is 3. The molecule has 0 saturated carbocycles. The third kappa shape index (κ3) is 4.66. The molecule has 0 spiro atoms. The van der Waals surface area contributed by atoms with Gasteiger partial charge in [0.25, 0.3) is 5.69 Å². The van der Waals surface area contributed by atoms with E-state index in [-0.39, 0.29) is 16.7 Å². The van der Waals surface area contributed by atoms with Crippen LogP contribution in [0.3, 0.4) is 0 Å². The van der Waals surface area contributed by atoms with E-state index in [1.165, 1.54) is 5.69 Å². The van der Waals surface area contributed by atoms with Crippen molar-refractivity contribution < 1.29 is 9.66 Å². The zero-order valence-corrected chi connectivity index (χ0v) is 18.2. The molecule has 0 aliphatic carbocycles. The lowest BCUT2D eigenvalue weighted by molar-refractivity contribution is -0.384. The van der Waals surface area contributed by atoms with Crippen LogP contribution in [-0.4, -0.2) is 20.9 Å². The average Bonchev–Trinajstić information content (AvgIpc) is 3.21. The largest absolute Gasteiger partial charge is 0.457 e. The van der Waals surface area contributed by atoms with Crippen molar-refractivity contribution in [3.05, 3.63) is 124 Å². The Hall–Kier alpha value is -3.90. The number of fused-ring (bicyclic) bond motifs is 1. The molecule has 2 heterocycles. The van der Waals surface area contributed by atoms with Gasteiger partial charge in [0, 0.05) is 43.7 Å². The van der Waals surface area contributed by atoms with Crippen molar-refractivity contribution in [2.24, 2.45) is 0 Å². The van der Waals surface area contributed by atoms with Gasteiger partial charge in [-0.15, -0.1) is 0 Å². The molecule has 33 heavy (non-hydrogen) atoms. The highest BCUT2D eigenvalue weighted by Crippen LogP contribution is 2.35. The fourth-order valence-corrected chi connectivity index (χ4v) is 4.57. The Balaban J connectivity index is 1.50. The summed E-state index contributed by atoms with van der Waals surface area (Å²) in [6, 6.07) is 29.2. The van der Waals surface area contributed by atoms with Gasteiger partial charge >= 0.3 is 0 Å². The molecule has 166 valence electrons. The number of hydrogen-bond acceptors (Lipinski definition) is 4. The lowest BCUT2D eigenvalue weighted by Gasteiger charge is -2.31. The molecule has 6 heteroatoms. The predicted molar refractivity (Wildman–Crippen MR) is 127 cm³/mol. The van der Waals surface area contributed by atoms with Gasteiger partial charge in [-0.2, -0.15) is 0 Å². The van der Waals surface area contributed by atoms with Crippen LogP contribution in [0.25, 0.3) is 0 Å². The van der Waals surface area contributed by atoms with Crippen molar-refractivity contribution in [3.63, 3.8) is 0 Å². The summed E-state index contributed by atoms with van der Waals surface area (Å²) >= 11 is 0. The highest BCUT2D eigenvalue weighted by atomic mass is 16.6. The van der Waals surface area contributed by atoms with Crippen molar-refractivity contribution in [1.29, 1.82) is 0 Å². The van der Waals surface area contributed by atoms with Gasteiger partial charge in [-0.05, 0) is 53.9 Å². The number of benzene rings is 3. The van der Waals surface area contributed by atoms with Crippen LogP contribution in [0.1, 0.15) is 29.3 Å². The van der Waals surface area contributed by atoms with Crippen LogP contribution in [-0.2, 0) is 13.1 Å². The molecule has 4 aromatic rings. The number of ether oxygens (including phenoxy) is 1. The first-order valence-electron chi connectivity index (χ1n) is 11.1. The summed E-state index contributed by atoms with van der Waals surface area (Å²) in [6.45, 7) is 2.46. The molecule has 0 amide bonds. The Bertz CT molecular complexity index is 1250. The van der Waals surface area contributed by atoms with E-state index in [0.717, 1.165) is 42.1 Å². The maximum absolute atomic E-state index is 11.3. The molecule has 0 fully saturated rings. The van der Waals surface area contributed by atoms with E-state index in [0.29, 0.717) is 6.54 Å². The topological polar surface area (TPSA) is 60.5 Å². The van der Waals surface area contributed by atoms with E-state index < -0.39 is 0 Å². The van der Waals surface area contributed by atoms with Crippen molar-refractivity contribution in [2.45, 2.75) is 25.6 Å². The third-order valence-electron chi connectivity index (χ3n) is 6.01. The van der Waals surface area contributed by atoms with Crippen molar-refractivity contribution in [1.82, 2.24) is 9.47 Å². The quantitative estimate of drug-likeness (QED) is 0.266. The molecule has 1 aromatic heterocycles. The monoisotopic (exact) mass is 439 g/mol. The second-order valence-corrected chi connectivity index (χ2v) is 8.27. The van der Waals surface area contributed by atoms with Gasteiger partial charge in [0.2, 0.25) is 0 Å². The second-order valence-electron chi connectivity index (χ2n) is 8.27. The van der Waals surface area contributed by atoms with Crippen molar-refractivity contribution in [2.75, 3.05) is 6.54 Å². The first-order chi connectivity index (χ1) is 16.2. The highest BCUT2D eigenvalue weighted by molar-refractivity contribution is 5.39. The Morgan fingerprint density at radius 3 is 2.55 bits per heavy atom. The number of para-hydroxylation sites is 1. The molecule has 3 aromatic carbocycles. The number of nitro benzene ring substituents is 1. The van der Waals surface area contributed by atoms with Crippen LogP contribution >= 0.6 is 0 Å². The maximum Gasteiger partial charge on any atom is 0.269 e. The molecule has 1 atom stereocenters. The van der Waals surface area contributed by atoms with E-state index in [1.54, 1.807) is 18.2 Å². The van der Waals surface area contributed by atoms with E-state index in [1.807, 2.05) is 48.5 Å². The lowest BCUT2D eigenvalue weighted by atomic mass is 10.0. The molecule has 0 bridgehead atoms. The fourth-order valence-electron chi connectivity index (χ4n) is 4.57. The second kappa shape index (κ2) is 9.30. The number of aromatic nitrogens is 1. The minimum absolute atomic E-state index is 0.0149. The average molecular weight is 440 g/mol. The van der Waals surface area contributed by atoms with Crippen LogP contribution in [0.5, 0.6) is 11.5 Å². The summed E-state index contributed by atoms with van der Waals surface area (Å²) in [5.74, 6) is 1.59. The fraction of sp³-hybridized carbons (Fsp3) is 0.185. The Morgan fingerprint density at radius 1 is 0.879 bits per heavy atom. The minimum Gasteiger partial charge on any atom is -0.457 e. The van der Waals surface area contributed by atoms with Gasteiger partial charge in [0.15, 0.2) is 0 Å². The Labute approximate surface area is 192 Å². The van der Waals surface area contributed by atoms with Crippen LogP contribution in [0, 0.1) is 10.1 Å². The molecule has 0 saturated heterocycles. The molecular formula is C27H25N3O3. The summed E-state index contributed by atoms with van der Waals surface area (Å²) in [5, 5.41) is 11.3. The molecule has 0 unspecified atom stereocenters. The van der Waals surface area contributed by atoms with Gasteiger partial charge in [-0.3, -0.25) is 15.0 Å². The molecular weight excluding hydrogens is 414 g/mol. The summed E-state index contributed by atoms with van der Waals surface area (Å²) in [6.07, 6.45) is 3.14. The standard InChI is InChI=1S/C27H25N3O3/c31-30(32)23-10-4-8-21(18-23)20-29-17-7-16-28-15-6-14-26(28)27(29)22-9-5-13-25(19-22)33-24-11-2-1-3-12-24/h1-6,8-15,18-19,27H,7,16-17,20H2/t27-/m1/s1. The molecule has 0 N–H and O–H groups in total. The van der Waals surface area contributed by atoms with Crippen LogP contribution in [0.15, 0.2) is 97.2 Å². The van der Waals surface area contributed by atoms with Gasteiger partial charge < -0.3 is 9.30 Å². The predicted octanol–water partition coefficient (Wildman–Crippen LogP) is 6.18. The smallest absolute Gasteiger partial charge is 0.269 e. The first kappa shape index (κ1) is 21.0. The van der Waals surface area contributed by atoms with E-state index in [2.05, 4.69) is 39.9 Å². The SMILES string of the molecule is O=[N+]([O-])c1cccc(CN2CCCn3cccc3[C@H]2c2cccc(Oc3ccccc3)c2)c1. The van der Waals surface area contributed by atoms with Crippen molar-refractivity contribution >= 4 is 5.69 Å². The van der Waals surface area contributed by atoms with Gasteiger partial charge in [0.1, 0.15) is 11.5 Å². The summed E-state index contributed by atoms with van der Waals surface area (Å²) in [4.78, 5) is 13.3. The van der Waals surface area contributed by atoms with Gasteiger partial charge in [-0.25, -0.2) is 0 Å². The molecule has 1 aliphatic heterocycles. The van der Waals surface area contributed by atoms with E-state index in [4.69, 9.17) is 4.74 Å². The van der Waals surface area contributed by atoms with Crippen LogP contribution < -0.4 is 4.74 Å². The molecule has 6 nitrogen and oxygen atoms in total. The van der Waals surface area contributed by atoms with Gasteiger partial charge in [0.05, 0.1) is 11.0 Å². The normalized spacial score (nSPS) is 16.1. The third-order valence-corrected chi connectivity index (χ3v) is 6.01. The highest BCUT2D eigenvalue weighted by Gasteiger charge is 2.28. The zero-order chi connectivity index (χ0) is 22.6. The molecule has 1 aliphatic rings. The number of hydrogen-bond donors (Lipinski definition) is 0. The Morgan fingerprint density at radius 2 is 1.70 bits per heavy atom. The number of nitro groups is 1. The summed E-state index contributed by atoms with van der Waals surface area (Å²) in [7, 11) is 0. The lowest BCUT2D eigenvalue weighted by Crippen LogP contribution is -2.29. The first-order valence-corrected chi connectivity index (χ1v) is 11.1. The van der Waals surface area contributed by atoms with Gasteiger partial charge in [-0.1, -0.05) is 42.5 Å². The zero-order valence-electron chi connectivity index (χ0n) is 18.2. The maximum atomic E-state index is 11.3. The van der Waals surface area contributed by atoms with Crippen LogP contribution in [0.2, 0.25) is 0 Å². The Kier molecular flexibility index (Phi) is 5.91. The van der Waals surface area contributed by atoms with Crippen LogP contribution in [0.4, 0.5) is 5.69 Å². The van der Waals surface area contributed by atoms with E-state index in [9.17, 15) is 10.1 Å². The van der Waals surface area contributed by atoms with Crippen molar-refractivity contribution in [3.8, 4) is 11.5 Å². The number of non-ortho nitro benzene ring substituents is 1. The summed E-state index contributed by atoms with van der Waals surface area (Å²) < 4.78 is 8.41.